The molecule has 0 atom stereocenters. The lowest BCUT2D eigenvalue weighted by molar-refractivity contribution is 0.0454. The van der Waals surface area contributed by atoms with E-state index in [4.69, 9.17) is 5.11 Å². The molecule has 0 saturated carbocycles. The highest BCUT2D eigenvalue weighted by molar-refractivity contribution is 4.93. The Morgan fingerprint density at radius 1 is 1.62 bits per heavy atom. The van der Waals surface area contributed by atoms with Crippen LogP contribution in [0.2, 0.25) is 0 Å². The van der Waals surface area contributed by atoms with Gasteiger partial charge in [-0.1, -0.05) is 0 Å². The first kappa shape index (κ1) is 8.72. The summed E-state index contributed by atoms with van der Waals surface area (Å²) in [4.78, 5) is 6.54. The molecule has 1 saturated heterocycles. The van der Waals surface area contributed by atoms with Crippen LogP contribution in [0.4, 0.5) is 0 Å². The van der Waals surface area contributed by atoms with Gasteiger partial charge in [-0.15, -0.1) is 0 Å². The van der Waals surface area contributed by atoms with E-state index in [0.717, 1.165) is 25.5 Å². The maximum atomic E-state index is 8.84. The highest BCUT2D eigenvalue weighted by Crippen LogP contribution is 2.16. The Balaban J connectivity index is 1.84. The molecule has 0 unspecified atom stereocenters. The van der Waals surface area contributed by atoms with Crippen LogP contribution in [0.15, 0.2) is 12.4 Å². The SMILES string of the molecule is Cn1ccnc1CN1CC(CO)C1. The molecule has 1 aromatic heterocycles. The van der Waals surface area contributed by atoms with Gasteiger partial charge in [0, 0.05) is 45.1 Å². The lowest BCUT2D eigenvalue weighted by Crippen LogP contribution is -2.47. The smallest absolute Gasteiger partial charge is 0.122 e. The molecule has 72 valence electrons. The van der Waals surface area contributed by atoms with Crippen LogP contribution in [0.5, 0.6) is 0 Å². The summed E-state index contributed by atoms with van der Waals surface area (Å²) in [7, 11) is 2.01. The Labute approximate surface area is 77.8 Å². The van der Waals surface area contributed by atoms with Crippen molar-refractivity contribution in [3.05, 3.63) is 18.2 Å². The number of rotatable bonds is 3. The van der Waals surface area contributed by atoms with E-state index in [9.17, 15) is 0 Å². The molecule has 4 heteroatoms. The van der Waals surface area contributed by atoms with E-state index in [2.05, 4.69) is 9.88 Å². The van der Waals surface area contributed by atoms with Crippen LogP contribution < -0.4 is 0 Å². The molecule has 1 fully saturated rings. The molecule has 1 aromatic rings. The Morgan fingerprint density at radius 3 is 2.92 bits per heavy atom. The Kier molecular flexibility index (Phi) is 2.33. The summed E-state index contributed by atoms with van der Waals surface area (Å²) in [6.07, 6.45) is 3.78. The van der Waals surface area contributed by atoms with Gasteiger partial charge in [0.25, 0.3) is 0 Å². The van der Waals surface area contributed by atoms with Crippen molar-refractivity contribution in [2.75, 3.05) is 19.7 Å². The fraction of sp³-hybridized carbons (Fsp3) is 0.667. The van der Waals surface area contributed by atoms with Crippen LogP contribution in [0.1, 0.15) is 5.82 Å². The minimum Gasteiger partial charge on any atom is -0.396 e. The fourth-order valence-corrected chi connectivity index (χ4v) is 1.67. The summed E-state index contributed by atoms with van der Waals surface area (Å²) in [6, 6.07) is 0. The summed E-state index contributed by atoms with van der Waals surface area (Å²) in [5.74, 6) is 1.58. The quantitative estimate of drug-likeness (QED) is 0.704. The topological polar surface area (TPSA) is 41.3 Å². The summed E-state index contributed by atoms with van der Waals surface area (Å²) in [6.45, 7) is 3.23. The molecule has 1 N–H and O–H groups in total. The minimum absolute atomic E-state index is 0.317. The number of hydrogen-bond acceptors (Lipinski definition) is 3. The van der Waals surface area contributed by atoms with Crippen molar-refractivity contribution < 1.29 is 5.11 Å². The summed E-state index contributed by atoms with van der Waals surface area (Å²) < 4.78 is 2.03. The molecular formula is C9H15N3O. The molecule has 1 aliphatic heterocycles. The number of aryl methyl sites for hydroxylation is 1. The third-order valence-corrected chi connectivity index (χ3v) is 2.58. The molecule has 1 aliphatic rings. The second-order valence-electron chi connectivity index (χ2n) is 3.70. The normalized spacial score (nSPS) is 18.9. The van der Waals surface area contributed by atoms with Gasteiger partial charge in [0.15, 0.2) is 0 Å². The second-order valence-corrected chi connectivity index (χ2v) is 3.70. The highest BCUT2D eigenvalue weighted by atomic mass is 16.3. The van der Waals surface area contributed by atoms with Crippen molar-refractivity contribution in [3.8, 4) is 0 Å². The number of hydrogen-bond donors (Lipinski definition) is 1. The monoisotopic (exact) mass is 181 g/mol. The zero-order valence-corrected chi connectivity index (χ0v) is 7.85. The molecule has 2 rings (SSSR count). The van der Waals surface area contributed by atoms with E-state index in [1.807, 2.05) is 24.0 Å². The van der Waals surface area contributed by atoms with Crippen LogP contribution in [0.3, 0.4) is 0 Å². The van der Waals surface area contributed by atoms with E-state index in [0.29, 0.717) is 12.5 Å². The van der Waals surface area contributed by atoms with Gasteiger partial charge < -0.3 is 9.67 Å². The molecule has 0 radical (unpaired) electrons. The lowest BCUT2D eigenvalue weighted by Gasteiger charge is -2.37. The van der Waals surface area contributed by atoms with Gasteiger partial charge in [-0.3, -0.25) is 4.90 Å². The Morgan fingerprint density at radius 2 is 2.38 bits per heavy atom. The molecular weight excluding hydrogens is 166 g/mol. The highest BCUT2D eigenvalue weighted by Gasteiger charge is 2.26. The van der Waals surface area contributed by atoms with Gasteiger partial charge in [0.1, 0.15) is 5.82 Å². The molecule has 0 bridgehead atoms. The summed E-state index contributed by atoms with van der Waals surface area (Å²) in [5, 5.41) is 8.84. The predicted octanol–water partition coefficient (Wildman–Crippen LogP) is -0.156. The number of aliphatic hydroxyl groups is 1. The van der Waals surface area contributed by atoms with E-state index >= 15 is 0 Å². The van der Waals surface area contributed by atoms with Crippen molar-refractivity contribution in [1.29, 1.82) is 0 Å². The maximum Gasteiger partial charge on any atom is 0.122 e. The molecule has 13 heavy (non-hydrogen) atoms. The van der Waals surface area contributed by atoms with Crippen molar-refractivity contribution in [1.82, 2.24) is 14.5 Å². The molecule has 2 heterocycles. The molecule has 0 spiro atoms. The van der Waals surface area contributed by atoms with Gasteiger partial charge in [0.2, 0.25) is 0 Å². The third-order valence-electron chi connectivity index (χ3n) is 2.58. The van der Waals surface area contributed by atoms with Crippen LogP contribution in [0, 0.1) is 5.92 Å². The number of likely N-dealkylation sites (tertiary alicyclic amines) is 1. The van der Waals surface area contributed by atoms with E-state index in [1.165, 1.54) is 0 Å². The van der Waals surface area contributed by atoms with E-state index in [-0.39, 0.29) is 0 Å². The summed E-state index contributed by atoms with van der Waals surface area (Å²) >= 11 is 0. The first-order chi connectivity index (χ1) is 6.29. The van der Waals surface area contributed by atoms with Crippen molar-refractivity contribution in [2.45, 2.75) is 6.54 Å². The Bertz CT molecular complexity index is 278. The standard InChI is InChI=1S/C9H15N3O/c1-11-3-2-10-9(11)6-12-4-8(5-12)7-13/h2-3,8,13H,4-7H2,1H3. The van der Waals surface area contributed by atoms with Gasteiger partial charge >= 0.3 is 0 Å². The first-order valence-corrected chi connectivity index (χ1v) is 4.59. The lowest BCUT2D eigenvalue weighted by atomic mass is 10.0. The summed E-state index contributed by atoms with van der Waals surface area (Å²) in [5.41, 5.74) is 0. The van der Waals surface area contributed by atoms with Crippen LogP contribution in [-0.4, -0.2) is 39.3 Å². The molecule has 4 nitrogen and oxygen atoms in total. The van der Waals surface area contributed by atoms with Gasteiger partial charge in [-0.25, -0.2) is 4.98 Å². The molecule has 0 aliphatic carbocycles. The van der Waals surface area contributed by atoms with Crippen LogP contribution in [0.25, 0.3) is 0 Å². The molecule has 0 aromatic carbocycles. The largest absolute Gasteiger partial charge is 0.396 e. The maximum absolute atomic E-state index is 8.84. The Hall–Kier alpha value is -0.870. The average Bonchev–Trinajstić information content (AvgIpc) is 2.43. The number of aromatic nitrogens is 2. The predicted molar refractivity (Wildman–Crippen MR) is 49.1 cm³/mol. The van der Waals surface area contributed by atoms with Gasteiger partial charge in [-0.2, -0.15) is 0 Å². The number of aliphatic hydroxyl groups excluding tert-OH is 1. The second kappa shape index (κ2) is 3.47. The average molecular weight is 181 g/mol. The van der Waals surface area contributed by atoms with Gasteiger partial charge in [0.05, 0.1) is 6.54 Å². The zero-order valence-electron chi connectivity index (χ0n) is 7.85. The first-order valence-electron chi connectivity index (χ1n) is 4.59. The van der Waals surface area contributed by atoms with Crippen molar-refractivity contribution in [3.63, 3.8) is 0 Å². The van der Waals surface area contributed by atoms with Crippen LogP contribution in [-0.2, 0) is 13.6 Å². The van der Waals surface area contributed by atoms with Crippen molar-refractivity contribution in [2.24, 2.45) is 13.0 Å². The zero-order chi connectivity index (χ0) is 9.26. The van der Waals surface area contributed by atoms with E-state index < -0.39 is 0 Å². The van der Waals surface area contributed by atoms with Gasteiger partial charge in [-0.05, 0) is 0 Å². The fourth-order valence-electron chi connectivity index (χ4n) is 1.67. The van der Waals surface area contributed by atoms with Crippen LogP contribution >= 0.6 is 0 Å². The minimum atomic E-state index is 0.317. The molecule has 0 amide bonds. The van der Waals surface area contributed by atoms with E-state index in [1.54, 1.807) is 0 Å². The third kappa shape index (κ3) is 1.73. The van der Waals surface area contributed by atoms with Crippen molar-refractivity contribution >= 4 is 0 Å². The number of imidazole rings is 1. The number of nitrogens with zero attached hydrogens (tertiary/aromatic N) is 3.